The Morgan fingerprint density at radius 1 is 1.44 bits per heavy atom. The van der Waals surface area contributed by atoms with E-state index in [-0.39, 0.29) is 0 Å². The zero-order valence-electron chi connectivity index (χ0n) is 10.7. The van der Waals surface area contributed by atoms with Crippen LogP contribution in [-0.2, 0) is 13.1 Å². The van der Waals surface area contributed by atoms with E-state index >= 15 is 0 Å². The summed E-state index contributed by atoms with van der Waals surface area (Å²) in [6.45, 7) is 5.78. The van der Waals surface area contributed by atoms with Gasteiger partial charge in [0.1, 0.15) is 5.15 Å². The summed E-state index contributed by atoms with van der Waals surface area (Å²) in [7, 11) is 0. The Hall–Kier alpha value is -1.55. The molecule has 5 heteroatoms. The van der Waals surface area contributed by atoms with Crippen LogP contribution in [0.3, 0.4) is 0 Å². The third-order valence-electron chi connectivity index (χ3n) is 2.73. The summed E-state index contributed by atoms with van der Waals surface area (Å²) >= 11 is 5.89. The second kappa shape index (κ2) is 5.87. The van der Waals surface area contributed by atoms with Gasteiger partial charge < -0.3 is 5.32 Å². The van der Waals surface area contributed by atoms with E-state index in [2.05, 4.69) is 22.3 Å². The molecular formula is C13H17ClN4. The Morgan fingerprint density at radius 2 is 2.28 bits per heavy atom. The van der Waals surface area contributed by atoms with E-state index in [9.17, 15) is 0 Å². The van der Waals surface area contributed by atoms with Crippen molar-refractivity contribution in [1.29, 1.82) is 0 Å². The van der Waals surface area contributed by atoms with E-state index in [0.717, 1.165) is 30.8 Å². The van der Waals surface area contributed by atoms with E-state index < -0.39 is 0 Å². The molecule has 0 radical (unpaired) electrons. The minimum absolute atomic E-state index is 0.552. The van der Waals surface area contributed by atoms with E-state index in [1.165, 1.54) is 5.69 Å². The number of pyridine rings is 1. The van der Waals surface area contributed by atoms with Crippen molar-refractivity contribution in [3.63, 3.8) is 0 Å². The zero-order valence-corrected chi connectivity index (χ0v) is 11.4. The Balaban J connectivity index is 2.02. The first kappa shape index (κ1) is 12.9. The molecule has 0 amide bonds. The van der Waals surface area contributed by atoms with Gasteiger partial charge in [0.05, 0.1) is 24.1 Å². The molecule has 1 N–H and O–H groups in total. The number of hydrogen-bond donors (Lipinski definition) is 1. The predicted octanol–water partition coefficient (Wildman–Crippen LogP) is 3.26. The summed E-state index contributed by atoms with van der Waals surface area (Å²) in [6, 6.07) is 4.02. The largest absolute Gasteiger partial charge is 0.378 e. The molecule has 2 aromatic rings. The summed E-state index contributed by atoms with van der Waals surface area (Å²) in [6.07, 6.45) is 4.66. The standard InChI is InChI=1S/C13H17ClN4/c1-3-6-18-12(4-5-17-18)9-15-11-7-10(2)13(14)16-8-11/h4-5,7-8,15H,3,6,9H2,1-2H3. The predicted molar refractivity (Wildman–Crippen MR) is 73.8 cm³/mol. The van der Waals surface area contributed by atoms with Crippen molar-refractivity contribution in [3.05, 3.63) is 40.9 Å². The SMILES string of the molecule is CCCn1nccc1CNc1cnc(Cl)c(C)c1. The maximum Gasteiger partial charge on any atom is 0.132 e. The minimum atomic E-state index is 0.552. The molecule has 0 saturated heterocycles. The fourth-order valence-electron chi connectivity index (χ4n) is 1.77. The van der Waals surface area contributed by atoms with Crippen LogP contribution in [0.15, 0.2) is 24.5 Å². The minimum Gasteiger partial charge on any atom is -0.378 e. The number of rotatable bonds is 5. The number of anilines is 1. The topological polar surface area (TPSA) is 42.7 Å². The van der Waals surface area contributed by atoms with Gasteiger partial charge in [-0.2, -0.15) is 5.10 Å². The van der Waals surface area contributed by atoms with Crippen LogP contribution in [-0.4, -0.2) is 14.8 Å². The lowest BCUT2D eigenvalue weighted by Crippen LogP contribution is -2.09. The van der Waals surface area contributed by atoms with Crippen molar-refractivity contribution >= 4 is 17.3 Å². The van der Waals surface area contributed by atoms with Gasteiger partial charge in [0.15, 0.2) is 0 Å². The van der Waals surface area contributed by atoms with Crippen LogP contribution in [0, 0.1) is 6.92 Å². The van der Waals surface area contributed by atoms with Crippen LogP contribution in [0.2, 0.25) is 5.15 Å². The van der Waals surface area contributed by atoms with Crippen LogP contribution >= 0.6 is 11.6 Å². The third-order valence-corrected chi connectivity index (χ3v) is 3.12. The van der Waals surface area contributed by atoms with Gasteiger partial charge in [-0.3, -0.25) is 4.68 Å². The lowest BCUT2D eigenvalue weighted by atomic mass is 10.3. The Morgan fingerprint density at radius 3 is 3.00 bits per heavy atom. The zero-order chi connectivity index (χ0) is 13.0. The quantitative estimate of drug-likeness (QED) is 0.843. The monoisotopic (exact) mass is 264 g/mol. The Labute approximate surface area is 112 Å². The molecule has 18 heavy (non-hydrogen) atoms. The molecule has 2 aromatic heterocycles. The highest BCUT2D eigenvalue weighted by molar-refractivity contribution is 6.30. The number of hydrogen-bond acceptors (Lipinski definition) is 3. The summed E-state index contributed by atoms with van der Waals surface area (Å²) in [5.41, 5.74) is 3.12. The molecule has 0 aromatic carbocycles. The normalized spacial score (nSPS) is 10.6. The Kier molecular flexibility index (Phi) is 4.20. The van der Waals surface area contributed by atoms with Crippen molar-refractivity contribution in [2.75, 3.05) is 5.32 Å². The smallest absolute Gasteiger partial charge is 0.132 e. The molecule has 0 fully saturated rings. The number of nitrogens with zero attached hydrogens (tertiary/aromatic N) is 3. The summed E-state index contributed by atoms with van der Waals surface area (Å²) in [5.74, 6) is 0. The van der Waals surface area contributed by atoms with Gasteiger partial charge in [-0.25, -0.2) is 4.98 Å². The van der Waals surface area contributed by atoms with Crippen LogP contribution in [0.5, 0.6) is 0 Å². The molecule has 4 nitrogen and oxygen atoms in total. The highest BCUT2D eigenvalue weighted by Crippen LogP contribution is 2.16. The molecule has 0 aliphatic heterocycles. The highest BCUT2D eigenvalue weighted by Gasteiger charge is 2.03. The van der Waals surface area contributed by atoms with Gasteiger partial charge in [0, 0.05) is 12.7 Å². The number of aryl methyl sites for hydroxylation is 2. The van der Waals surface area contributed by atoms with Crippen molar-refractivity contribution in [2.24, 2.45) is 0 Å². The molecule has 0 saturated carbocycles. The molecule has 0 aliphatic carbocycles. The van der Waals surface area contributed by atoms with Gasteiger partial charge >= 0.3 is 0 Å². The fraction of sp³-hybridized carbons (Fsp3) is 0.385. The number of halogens is 1. The van der Waals surface area contributed by atoms with Gasteiger partial charge in [-0.05, 0) is 31.0 Å². The van der Waals surface area contributed by atoms with Gasteiger partial charge in [-0.1, -0.05) is 18.5 Å². The summed E-state index contributed by atoms with van der Waals surface area (Å²) in [5, 5.41) is 8.17. The average molecular weight is 265 g/mol. The lowest BCUT2D eigenvalue weighted by molar-refractivity contribution is 0.578. The lowest BCUT2D eigenvalue weighted by Gasteiger charge is -2.09. The first-order chi connectivity index (χ1) is 8.70. The molecular weight excluding hydrogens is 248 g/mol. The van der Waals surface area contributed by atoms with E-state index in [1.54, 1.807) is 6.20 Å². The molecule has 0 unspecified atom stereocenters. The second-order valence-electron chi connectivity index (χ2n) is 4.23. The molecule has 0 spiro atoms. The maximum absolute atomic E-state index is 5.89. The number of aromatic nitrogens is 3. The molecule has 96 valence electrons. The van der Waals surface area contributed by atoms with Crippen LogP contribution in [0.25, 0.3) is 0 Å². The first-order valence-electron chi connectivity index (χ1n) is 6.07. The fourth-order valence-corrected chi connectivity index (χ4v) is 1.87. The Bertz CT molecular complexity index is 521. The summed E-state index contributed by atoms with van der Waals surface area (Å²) in [4.78, 5) is 4.12. The van der Waals surface area contributed by atoms with Crippen molar-refractivity contribution in [3.8, 4) is 0 Å². The average Bonchev–Trinajstić information content (AvgIpc) is 2.79. The second-order valence-corrected chi connectivity index (χ2v) is 4.59. The van der Waals surface area contributed by atoms with Gasteiger partial charge in [0.25, 0.3) is 0 Å². The van der Waals surface area contributed by atoms with Crippen LogP contribution in [0.1, 0.15) is 24.6 Å². The summed E-state index contributed by atoms with van der Waals surface area (Å²) < 4.78 is 2.02. The maximum atomic E-state index is 5.89. The highest BCUT2D eigenvalue weighted by atomic mass is 35.5. The van der Waals surface area contributed by atoms with Gasteiger partial charge in [-0.15, -0.1) is 0 Å². The van der Waals surface area contributed by atoms with Crippen molar-refractivity contribution in [1.82, 2.24) is 14.8 Å². The van der Waals surface area contributed by atoms with E-state index in [0.29, 0.717) is 5.15 Å². The van der Waals surface area contributed by atoms with Crippen LogP contribution < -0.4 is 5.32 Å². The molecule has 2 rings (SSSR count). The molecule has 0 atom stereocenters. The van der Waals surface area contributed by atoms with Gasteiger partial charge in [0.2, 0.25) is 0 Å². The van der Waals surface area contributed by atoms with E-state index in [1.807, 2.05) is 29.9 Å². The van der Waals surface area contributed by atoms with Crippen molar-refractivity contribution < 1.29 is 0 Å². The molecule has 2 heterocycles. The van der Waals surface area contributed by atoms with Crippen molar-refractivity contribution in [2.45, 2.75) is 33.4 Å². The third kappa shape index (κ3) is 3.01. The molecule has 0 bridgehead atoms. The molecule has 0 aliphatic rings. The first-order valence-corrected chi connectivity index (χ1v) is 6.45. The van der Waals surface area contributed by atoms with Crippen LogP contribution in [0.4, 0.5) is 5.69 Å². The van der Waals surface area contributed by atoms with E-state index in [4.69, 9.17) is 11.6 Å². The number of nitrogens with one attached hydrogen (secondary N) is 1.